The number of ether oxygens (including phenoxy) is 2. The van der Waals surface area contributed by atoms with E-state index in [4.69, 9.17) is 20.3 Å². The van der Waals surface area contributed by atoms with Gasteiger partial charge >= 0.3 is 0 Å². The average molecular weight is 174 g/mol. The third kappa shape index (κ3) is 1.04. The molecule has 6 nitrogen and oxygen atoms in total. The molecule has 0 amide bonds. The minimum Gasteiger partial charge on any atom is -0.454 e. The minimum atomic E-state index is -0.978. The largest absolute Gasteiger partial charge is 0.454 e. The number of hydrogen-bond acceptors (Lipinski definition) is 6. The van der Waals surface area contributed by atoms with E-state index in [2.05, 4.69) is 4.99 Å². The van der Waals surface area contributed by atoms with Crippen LogP contribution in [0.25, 0.3) is 0 Å². The van der Waals surface area contributed by atoms with Crippen LogP contribution >= 0.6 is 0 Å². The molecule has 0 aliphatic carbocycles. The summed E-state index contributed by atoms with van der Waals surface area (Å²) in [6, 6.07) is -0.00171. The van der Waals surface area contributed by atoms with Crippen LogP contribution in [0, 0.1) is 0 Å². The summed E-state index contributed by atoms with van der Waals surface area (Å²) in [6.45, 7) is 0.0580. The third-order valence-corrected chi connectivity index (χ3v) is 1.96. The molecule has 0 radical (unpaired) electrons. The van der Waals surface area contributed by atoms with Gasteiger partial charge in [-0.25, -0.2) is 0 Å². The first-order valence-electron chi connectivity index (χ1n) is 3.66. The Bertz CT molecular complexity index is 220. The Kier molecular flexibility index (Phi) is 1.67. The highest BCUT2D eigenvalue weighted by Crippen LogP contribution is 2.23. The maximum atomic E-state index is 9.38. The highest BCUT2D eigenvalue weighted by atomic mass is 16.6. The lowest BCUT2D eigenvalue weighted by Gasteiger charge is -2.31. The lowest BCUT2D eigenvalue weighted by molar-refractivity contribution is -0.168. The fourth-order valence-corrected chi connectivity index (χ4v) is 1.31. The summed E-state index contributed by atoms with van der Waals surface area (Å²) < 4.78 is 9.99. The van der Waals surface area contributed by atoms with Gasteiger partial charge in [-0.1, -0.05) is 0 Å². The van der Waals surface area contributed by atoms with E-state index in [1.165, 1.54) is 0 Å². The highest BCUT2D eigenvalue weighted by molar-refractivity contribution is 5.73. The van der Waals surface area contributed by atoms with Crippen molar-refractivity contribution in [3.63, 3.8) is 0 Å². The van der Waals surface area contributed by atoms with E-state index in [9.17, 15) is 5.11 Å². The Morgan fingerprint density at radius 1 is 1.50 bits per heavy atom. The van der Waals surface area contributed by atoms with Crippen LogP contribution in [0.3, 0.4) is 0 Å². The Labute approximate surface area is 68.6 Å². The third-order valence-electron chi connectivity index (χ3n) is 1.96. The molecule has 6 heteroatoms. The number of aliphatic imine (C=N–C) groups is 1. The molecule has 0 aromatic rings. The summed E-state index contributed by atoms with van der Waals surface area (Å²) >= 11 is 0. The predicted molar refractivity (Wildman–Crippen MR) is 38.2 cm³/mol. The van der Waals surface area contributed by atoms with Crippen LogP contribution in [0.1, 0.15) is 0 Å². The second kappa shape index (κ2) is 2.58. The summed E-state index contributed by atoms with van der Waals surface area (Å²) in [6.07, 6.45) is -3.13. The van der Waals surface area contributed by atoms with Crippen molar-refractivity contribution < 1.29 is 19.7 Å². The van der Waals surface area contributed by atoms with Crippen LogP contribution in [0.5, 0.6) is 0 Å². The molecule has 4 N–H and O–H groups in total. The van der Waals surface area contributed by atoms with E-state index in [-0.39, 0.29) is 12.6 Å². The van der Waals surface area contributed by atoms with Gasteiger partial charge in [0.05, 0.1) is 6.61 Å². The maximum Gasteiger partial charge on any atom is 0.285 e. The Hall–Kier alpha value is -0.850. The number of aliphatic hydroxyl groups is 2. The van der Waals surface area contributed by atoms with Crippen LogP contribution < -0.4 is 5.73 Å². The van der Waals surface area contributed by atoms with Crippen LogP contribution in [0.2, 0.25) is 0 Å². The molecule has 4 unspecified atom stereocenters. The summed E-state index contributed by atoms with van der Waals surface area (Å²) in [5.41, 5.74) is 5.26. The average Bonchev–Trinajstić information content (AvgIpc) is 2.39. The smallest absolute Gasteiger partial charge is 0.285 e. The molecule has 0 aromatic heterocycles. The number of aliphatic hydroxyl groups excluding tert-OH is 2. The van der Waals surface area contributed by atoms with Gasteiger partial charge in [0.25, 0.3) is 6.02 Å². The van der Waals surface area contributed by atoms with Gasteiger partial charge in [-0.05, 0) is 0 Å². The van der Waals surface area contributed by atoms with E-state index in [0.717, 1.165) is 0 Å². The fourth-order valence-electron chi connectivity index (χ4n) is 1.31. The second-order valence-corrected chi connectivity index (χ2v) is 2.83. The number of nitrogens with two attached hydrogens (primary N) is 1. The molecule has 0 aromatic carbocycles. The van der Waals surface area contributed by atoms with Gasteiger partial charge in [-0.3, -0.25) is 0 Å². The van der Waals surface area contributed by atoms with Crippen molar-refractivity contribution in [2.24, 2.45) is 10.7 Å². The van der Waals surface area contributed by atoms with Crippen molar-refractivity contribution in [1.29, 1.82) is 0 Å². The van der Waals surface area contributed by atoms with Gasteiger partial charge < -0.3 is 25.4 Å². The topological polar surface area (TPSA) is 97.3 Å². The van der Waals surface area contributed by atoms with Gasteiger partial charge in [0.15, 0.2) is 12.3 Å². The van der Waals surface area contributed by atoms with Gasteiger partial charge in [-0.15, -0.1) is 0 Å². The minimum absolute atomic E-state index is 0.00171. The lowest BCUT2D eigenvalue weighted by atomic mass is 10.1. The molecule has 0 bridgehead atoms. The molecular weight excluding hydrogens is 164 g/mol. The zero-order chi connectivity index (χ0) is 8.72. The molecule has 2 aliphatic heterocycles. The van der Waals surface area contributed by atoms with E-state index in [1.807, 2.05) is 0 Å². The zero-order valence-electron chi connectivity index (χ0n) is 6.25. The summed E-state index contributed by atoms with van der Waals surface area (Å²) in [5, 5.41) is 18.5. The van der Waals surface area contributed by atoms with Crippen molar-refractivity contribution in [2.45, 2.75) is 24.5 Å². The van der Waals surface area contributed by atoms with E-state index in [1.54, 1.807) is 0 Å². The number of fused-ring (bicyclic) bond motifs is 1. The molecule has 1 fully saturated rings. The first kappa shape index (κ1) is 7.78. The number of rotatable bonds is 0. The second-order valence-electron chi connectivity index (χ2n) is 2.83. The lowest BCUT2D eigenvalue weighted by Crippen LogP contribution is -2.51. The maximum absolute atomic E-state index is 9.38. The molecule has 2 rings (SSSR count). The van der Waals surface area contributed by atoms with Gasteiger partial charge in [-0.2, -0.15) is 4.99 Å². The first-order chi connectivity index (χ1) is 5.68. The molecule has 0 spiro atoms. The van der Waals surface area contributed by atoms with Crippen molar-refractivity contribution in [3.05, 3.63) is 0 Å². The summed E-state index contributed by atoms with van der Waals surface area (Å²) in [4.78, 5) is 3.77. The standard InChI is InChI=1S/C6H10N2O4/c7-6-8-5-4(12-6)3(10)2(9)1-11-5/h2-5,9-10H,1H2,(H2,7,8). The molecule has 0 saturated carbocycles. The monoisotopic (exact) mass is 174 g/mol. The summed E-state index contributed by atoms with van der Waals surface area (Å²) in [5.74, 6) is 0. The van der Waals surface area contributed by atoms with Gasteiger partial charge in [0.1, 0.15) is 12.2 Å². The van der Waals surface area contributed by atoms with Crippen molar-refractivity contribution >= 4 is 6.02 Å². The SMILES string of the molecule is NC1=NC2OCC(O)C(O)C2O1. The van der Waals surface area contributed by atoms with Crippen LogP contribution in [0.15, 0.2) is 4.99 Å². The molecular formula is C6H10N2O4. The number of nitrogens with zero attached hydrogens (tertiary/aromatic N) is 1. The van der Waals surface area contributed by atoms with Crippen molar-refractivity contribution in [3.8, 4) is 0 Å². The quantitative estimate of drug-likeness (QED) is 0.386. The Morgan fingerprint density at radius 3 is 3.00 bits per heavy atom. The molecule has 1 saturated heterocycles. The Balaban J connectivity index is 2.11. The van der Waals surface area contributed by atoms with Gasteiger partial charge in [0.2, 0.25) is 0 Å². The summed E-state index contributed by atoms with van der Waals surface area (Å²) in [7, 11) is 0. The molecule has 2 heterocycles. The van der Waals surface area contributed by atoms with Gasteiger partial charge in [0, 0.05) is 0 Å². The molecule has 12 heavy (non-hydrogen) atoms. The van der Waals surface area contributed by atoms with E-state index in [0.29, 0.717) is 0 Å². The molecule has 68 valence electrons. The normalized spacial score (nSPS) is 46.3. The zero-order valence-corrected chi connectivity index (χ0v) is 6.25. The highest BCUT2D eigenvalue weighted by Gasteiger charge is 2.44. The van der Waals surface area contributed by atoms with Crippen LogP contribution in [0.4, 0.5) is 0 Å². The molecule has 4 atom stereocenters. The van der Waals surface area contributed by atoms with Crippen molar-refractivity contribution in [1.82, 2.24) is 0 Å². The predicted octanol–water partition coefficient (Wildman–Crippen LogP) is -2.22. The molecule has 2 aliphatic rings. The van der Waals surface area contributed by atoms with E-state index >= 15 is 0 Å². The Morgan fingerprint density at radius 2 is 2.25 bits per heavy atom. The fraction of sp³-hybridized carbons (Fsp3) is 0.833. The van der Waals surface area contributed by atoms with Crippen LogP contribution in [-0.4, -0.2) is 47.4 Å². The van der Waals surface area contributed by atoms with Crippen LogP contribution in [-0.2, 0) is 9.47 Å². The van der Waals surface area contributed by atoms with Crippen molar-refractivity contribution in [2.75, 3.05) is 6.61 Å². The number of hydrogen-bond donors (Lipinski definition) is 3. The van der Waals surface area contributed by atoms with E-state index < -0.39 is 24.5 Å². The first-order valence-corrected chi connectivity index (χ1v) is 3.66. The number of amidine groups is 1.